The summed E-state index contributed by atoms with van der Waals surface area (Å²) in [5.41, 5.74) is 6.23. The SMILES string of the molecule is CC(C)n1ncnc1CC(O)c1cn[nH]c1N. The molecule has 0 aliphatic carbocycles. The van der Waals surface area contributed by atoms with Crippen molar-refractivity contribution in [3.05, 3.63) is 23.9 Å². The Morgan fingerprint density at radius 3 is 2.88 bits per heavy atom. The number of H-pyrrole nitrogens is 1. The van der Waals surface area contributed by atoms with Gasteiger partial charge in [-0.25, -0.2) is 9.67 Å². The molecule has 2 heterocycles. The van der Waals surface area contributed by atoms with E-state index >= 15 is 0 Å². The zero-order valence-corrected chi connectivity index (χ0v) is 9.83. The maximum absolute atomic E-state index is 10.0. The monoisotopic (exact) mass is 236 g/mol. The number of aliphatic hydroxyl groups is 1. The number of nitrogens with two attached hydrogens (primary N) is 1. The Morgan fingerprint density at radius 1 is 1.53 bits per heavy atom. The lowest BCUT2D eigenvalue weighted by molar-refractivity contribution is 0.174. The second-order valence-electron chi connectivity index (χ2n) is 4.17. The minimum atomic E-state index is -0.726. The number of rotatable bonds is 4. The van der Waals surface area contributed by atoms with Gasteiger partial charge in [-0.1, -0.05) is 0 Å². The normalized spacial score (nSPS) is 13.2. The summed E-state index contributed by atoms with van der Waals surface area (Å²) in [5, 5.41) is 20.5. The van der Waals surface area contributed by atoms with E-state index in [0.717, 1.165) is 5.82 Å². The maximum Gasteiger partial charge on any atom is 0.138 e. The minimum Gasteiger partial charge on any atom is -0.388 e. The van der Waals surface area contributed by atoms with Crippen molar-refractivity contribution in [3.8, 4) is 0 Å². The van der Waals surface area contributed by atoms with Crippen LogP contribution in [0.25, 0.3) is 0 Å². The van der Waals surface area contributed by atoms with E-state index in [-0.39, 0.29) is 6.04 Å². The zero-order chi connectivity index (χ0) is 12.4. The molecule has 7 nitrogen and oxygen atoms in total. The van der Waals surface area contributed by atoms with E-state index in [1.165, 1.54) is 12.5 Å². The third-order valence-corrected chi connectivity index (χ3v) is 2.57. The van der Waals surface area contributed by atoms with E-state index in [1.54, 1.807) is 4.68 Å². The highest BCUT2D eigenvalue weighted by molar-refractivity contribution is 5.38. The molecular weight excluding hydrogens is 220 g/mol. The summed E-state index contributed by atoms with van der Waals surface area (Å²) in [5.74, 6) is 1.11. The molecule has 17 heavy (non-hydrogen) atoms. The number of nitrogen functional groups attached to an aromatic ring is 1. The van der Waals surface area contributed by atoms with Crippen molar-refractivity contribution in [2.24, 2.45) is 0 Å². The van der Waals surface area contributed by atoms with Gasteiger partial charge in [-0.05, 0) is 13.8 Å². The first-order valence-corrected chi connectivity index (χ1v) is 5.44. The highest BCUT2D eigenvalue weighted by Gasteiger charge is 2.17. The lowest BCUT2D eigenvalue weighted by Crippen LogP contribution is -2.12. The number of aromatic nitrogens is 5. The van der Waals surface area contributed by atoms with Gasteiger partial charge in [0.2, 0.25) is 0 Å². The highest BCUT2D eigenvalue weighted by Crippen LogP contribution is 2.21. The number of nitrogens with one attached hydrogen (secondary N) is 1. The maximum atomic E-state index is 10.0. The van der Waals surface area contributed by atoms with Crippen LogP contribution in [0.15, 0.2) is 12.5 Å². The van der Waals surface area contributed by atoms with E-state index in [1.807, 2.05) is 13.8 Å². The van der Waals surface area contributed by atoms with Crippen molar-refractivity contribution < 1.29 is 5.11 Å². The lowest BCUT2D eigenvalue weighted by Gasteiger charge is -2.12. The van der Waals surface area contributed by atoms with Crippen LogP contribution in [0.5, 0.6) is 0 Å². The van der Waals surface area contributed by atoms with E-state index in [0.29, 0.717) is 17.8 Å². The fourth-order valence-electron chi connectivity index (χ4n) is 1.71. The molecule has 0 amide bonds. The quantitative estimate of drug-likeness (QED) is 0.714. The van der Waals surface area contributed by atoms with Crippen LogP contribution >= 0.6 is 0 Å². The Morgan fingerprint density at radius 2 is 2.29 bits per heavy atom. The highest BCUT2D eigenvalue weighted by atomic mass is 16.3. The first-order chi connectivity index (χ1) is 8.09. The number of nitrogens with zero attached hydrogens (tertiary/aromatic N) is 4. The summed E-state index contributed by atoms with van der Waals surface area (Å²) in [6.07, 6.45) is 2.65. The van der Waals surface area contributed by atoms with Gasteiger partial charge in [0.15, 0.2) is 0 Å². The van der Waals surface area contributed by atoms with Gasteiger partial charge in [-0.2, -0.15) is 10.2 Å². The fourth-order valence-corrected chi connectivity index (χ4v) is 1.71. The third-order valence-electron chi connectivity index (χ3n) is 2.57. The molecule has 0 bridgehead atoms. The predicted molar refractivity (Wildman–Crippen MR) is 62.1 cm³/mol. The van der Waals surface area contributed by atoms with Gasteiger partial charge >= 0.3 is 0 Å². The number of hydrogen-bond donors (Lipinski definition) is 3. The van der Waals surface area contributed by atoms with Crippen LogP contribution in [0.4, 0.5) is 5.82 Å². The van der Waals surface area contributed by atoms with Crippen LogP contribution in [0.3, 0.4) is 0 Å². The summed E-state index contributed by atoms with van der Waals surface area (Å²) < 4.78 is 1.78. The van der Waals surface area contributed by atoms with Gasteiger partial charge in [0.1, 0.15) is 18.0 Å². The lowest BCUT2D eigenvalue weighted by atomic mass is 10.1. The zero-order valence-electron chi connectivity index (χ0n) is 9.83. The Bertz CT molecular complexity index is 488. The Labute approximate surface area is 98.7 Å². The third kappa shape index (κ3) is 2.28. The minimum absolute atomic E-state index is 0.210. The molecule has 0 saturated carbocycles. The number of aliphatic hydroxyl groups excluding tert-OH is 1. The molecule has 0 aliphatic heterocycles. The van der Waals surface area contributed by atoms with Crippen molar-refractivity contribution in [1.82, 2.24) is 25.0 Å². The van der Waals surface area contributed by atoms with Gasteiger partial charge in [-0.15, -0.1) is 0 Å². The molecule has 2 aromatic heterocycles. The summed E-state index contributed by atoms with van der Waals surface area (Å²) in [6, 6.07) is 0.210. The average molecular weight is 236 g/mol. The molecule has 0 spiro atoms. The van der Waals surface area contributed by atoms with Gasteiger partial charge in [-0.3, -0.25) is 5.10 Å². The second kappa shape index (κ2) is 4.54. The molecule has 7 heteroatoms. The Hall–Kier alpha value is -1.89. The molecule has 4 N–H and O–H groups in total. The topological polar surface area (TPSA) is 106 Å². The van der Waals surface area contributed by atoms with Crippen LogP contribution in [0.2, 0.25) is 0 Å². The average Bonchev–Trinajstić information content (AvgIpc) is 2.86. The van der Waals surface area contributed by atoms with E-state index in [9.17, 15) is 5.11 Å². The summed E-state index contributed by atoms with van der Waals surface area (Å²) >= 11 is 0. The number of aromatic amines is 1. The van der Waals surface area contributed by atoms with Crippen molar-refractivity contribution in [3.63, 3.8) is 0 Å². The van der Waals surface area contributed by atoms with Crippen LogP contribution < -0.4 is 5.73 Å². The molecule has 1 unspecified atom stereocenters. The van der Waals surface area contributed by atoms with E-state index in [4.69, 9.17) is 5.73 Å². The summed E-state index contributed by atoms with van der Waals surface area (Å²) in [6.45, 7) is 4.02. The molecule has 92 valence electrons. The molecule has 2 rings (SSSR count). The smallest absolute Gasteiger partial charge is 0.138 e. The molecule has 1 atom stereocenters. The molecule has 2 aromatic rings. The summed E-state index contributed by atoms with van der Waals surface area (Å²) in [4.78, 5) is 4.14. The Kier molecular flexibility index (Phi) is 3.10. The number of anilines is 1. The van der Waals surface area contributed by atoms with Crippen LogP contribution in [0.1, 0.15) is 37.4 Å². The molecular formula is C10H16N6O. The van der Waals surface area contributed by atoms with E-state index in [2.05, 4.69) is 20.3 Å². The van der Waals surface area contributed by atoms with Crippen LogP contribution in [-0.2, 0) is 6.42 Å². The van der Waals surface area contributed by atoms with Crippen molar-refractivity contribution in [2.45, 2.75) is 32.4 Å². The van der Waals surface area contributed by atoms with Gasteiger partial charge in [0.05, 0.1) is 12.3 Å². The molecule has 0 saturated heterocycles. The van der Waals surface area contributed by atoms with Crippen molar-refractivity contribution in [2.75, 3.05) is 5.73 Å². The molecule has 0 aliphatic rings. The fraction of sp³-hybridized carbons (Fsp3) is 0.500. The standard InChI is InChI=1S/C10H16N6O/c1-6(2)16-9(12-5-14-16)3-8(17)7-4-13-15-10(7)11/h4-6,8,17H,3H2,1-2H3,(H3,11,13,15). The molecule has 0 aromatic carbocycles. The van der Waals surface area contributed by atoms with E-state index < -0.39 is 6.10 Å². The largest absolute Gasteiger partial charge is 0.388 e. The van der Waals surface area contributed by atoms with Crippen LogP contribution in [0, 0.1) is 0 Å². The molecule has 0 radical (unpaired) electrons. The van der Waals surface area contributed by atoms with Gasteiger partial charge in [0, 0.05) is 18.0 Å². The van der Waals surface area contributed by atoms with Crippen molar-refractivity contribution >= 4 is 5.82 Å². The Balaban J connectivity index is 2.16. The van der Waals surface area contributed by atoms with Gasteiger partial charge < -0.3 is 10.8 Å². The first-order valence-electron chi connectivity index (χ1n) is 5.44. The van der Waals surface area contributed by atoms with Crippen molar-refractivity contribution in [1.29, 1.82) is 0 Å². The number of hydrogen-bond acceptors (Lipinski definition) is 5. The molecule has 0 fully saturated rings. The second-order valence-corrected chi connectivity index (χ2v) is 4.17. The summed E-state index contributed by atoms with van der Waals surface area (Å²) in [7, 11) is 0. The van der Waals surface area contributed by atoms with Gasteiger partial charge in [0.25, 0.3) is 0 Å². The predicted octanol–water partition coefficient (Wildman–Crippen LogP) is 0.440. The first kappa shape index (κ1) is 11.6. The van der Waals surface area contributed by atoms with Crippen LogP contribution in [-0.4, -0.2) is 30.1 Å².